The molecular formula is C19H13F2N5O2. The Hall–Kier alpha value is -3.62. The topological polar surface area (TPSA) is 95.9 Å². The molecule has 0 saturated heterocycles. The van der Waals surface area contributed by atoms with Gasteiger partial charge in [0.15, 0.2) is 17.3 Å². The Bertz CT molecular complexity index is 1340. The van der Waals surface area contributed by atoms with Crippen molar-refractivity contribution in [3.8, 4) is 11.3 Å². The number of nitrogens with one attached hydrogen (secondary N) is 2. The molecule has 1 aromatic carbocycles. The Morgan fingerprint density at radius 2 is 1.96 bits per heavy atom. The van der Waals surface area contributed by atoms with E-state index in [1.165, 1.54) is 12.3 Å². The number of rotatable bonds is 3. The maximum atomic E-state index is 13.6. The number of aromatic amines is 2. The molecule has 2 N–H and O–H groups in total. The summed E-state index contributed by atoms with van der Waals surface area (Å²) in [4.78, 5) is 32.4. The zero-order valence-corrected chi connectivity index (χ0v) is 14.3. The van der Waals surface area contributed by atoms with Gasteiger partial charge in [-0.05, 0) is 42.0 Å². The summed E-state index contributed by atoms with van der Waals surface area (Å²) in [5, 5.41) is 4.39. The Morgan fingerprint density at radius 3 is 2.75 bits per heavy atom. The van der Waals surface area contributed by atoms with Gasteiger partial charge in [0, 0.05) is 24.2 Å². The molecule has 0 spiro atoms. The number of nitrogens with zero attached hydrogens (tertiary/aromatic N) is 3. The molecule has 1 saturated carbocycles. The lowest BCUT2D eigenvalue weighted by Crippen LogP contribution is -2.23. The van der Waals surface area contributed by atoms with E-state index in [2.05, 4.69) is 20.1 Å². The Morgan fingerprint density at radius 1 is 1.11 bits per heavy atom. The van der Waals surface area contributed by atoms with Gasteiger partial charge in [0.1, 0.15) is 0 Å². The second-order valence-corrected chi connectivity index (χ2v) is 6.79. The lowest BCUT2D eigenvalue weighted by molar-refractivity contribution is 0.507. The number of aromatic nitrogens is 5. The van der Waals surface area contributed by atoms with Crippen molar-refractivity contribution in [3.63, 3.8) is 0 Å². The van der Waals surface area contributed by atoms with Gasteiger partial charge in [0.05, 0.1) is 11.3 Å². The van der Waals surface area contributed by atoms with Crippen LogP contribution < -0.4 is 11.2 Å². The van der Waals surface area contributed by atoms with Gasteiger partial charge in [0.25, 0.3) is 5.56 Å². The van der Waals surface area contributed by atoms with E-state index in [0.717, 1.165) is 18.1 Å². The van der Waals surface area contributed by atoms with Crippen LogP contribution in [0.2, 0.25) is 0 Å². The van der Waals surface area contributed by atoms with E-state index in [1.807, 2.05) is 0 Å². The predicted octanol–water partition coefficient (Wildman–Crippen LogP) is 2.32. The SMILES string of the molecule is O=c1[nH]cc(-c2cc([C@H]3C[C@@H]3c3ccc(F)c(F)c3)c3nccn3n2)c(=O)[nH]1. The highest BCUT2D eigenvalue weighted by Crippen LogP contribution is 2.55. The number of fused-ring (bicyclic) bond motifs is 1. The van der Waals surface area contributed by atoms with Gasteiger partial charge < -0.3 is 4.98 Å². The lowest BCUT2D eigenvalue weighted by atomic mass is 10.0. The van der Waals surface area contributed by atoms with Crippen molar-refractivity contribution < 1.29 is 8.78 Å². The average Bonchev–Trinajstić information content (AvgIpc) is 3.31. The molecule has 2 atom stereocenters. The van der Waals surface area contributed by atoms with E-state index in [0.29, 0.717) is 16.9 Å². The maximum absolute atomic E-state index is 13.6. The minimum absolute atomic E-state index is 0.0275. The van der Waals surface area contributed by atoms with E-state index in [9.17, 15) is 18.4 Å². The first-order chi connectivity index (χ1) is 13.5. The van der Waals surface area contributed by atoms with E-state index in [-0.39, 0.29) is 17.4 Å². The quantitative estimate of drug-likeness (QED) is 0.569. The Balaban J connectivity index is 1.60. The molecule has 1 aliphatic carbocycles. The highest BCUT2D eigenvalue weighted by molar-refractivity contribution is 5.63. The van der Waals surface area contributed by atoms with Gasteiger partial charge >= 0.3 is 5.69 Å². The standard InChI is InChI=1S/C19H13F2N5O2/c20-14-2-1-9(5-15(14)21)10-6-11(10)12-7-16(25-26-4-3-22-17(12)26)13-8-23-19(28)24-18(13)27/h1-5,7-8,10-11H,6H2,(H2,23,24,27,28)/t10-,11+/m1/s1. The van der Waals surface area contributed by atoms with Crippen molar-refractivity contribution >= 4 is 5.65 Å². The molecule has 1 aliphatic rings. The molecule has 0 amide bonds. The molecule has 3 aromatic heterocycles. The normalized spacial score (nSPS) is 18.5. The zero-order valence-electron chi connectivity index (χ0n) is 14.3. The number of hydrogen-bond donors (Lipinski definition) is 2. The Labute approximate surface area is 155 Å². The van der Waals surface area contributed by atoms with Gasteiger partial charge in [0.2, 0.25) is 0 Å². The van der Waals surface area contributed by atoms with Gasteiger partial charge in [-0.15, -0.1) is 0 Å². The van der Waals surface area contributed by atoms with Crippen LogP contribution >= 0.6 is 0 Å². The smallest absolute Gasteiger partial charge is 0.313 e. The number of imidazole rings is 1. The molecular weight excluding hydrogens is 368 g/mol. The molecule has 1 fully saturated rings. The summed E-state index contributed by atoms with van der Waals surface area (Å²) < 4.78 is 28.4. The summed E-state index contributed by atoms with van der Waals surface area (Å²) in [6.07, 6.45) is 5.33. The van der Waals surface area contributed by atoms with Gasteiger partial charge in [-0.3, -0.25) is 9.78 Å². The first-order valence-electron chi connectivity index (χ1n) is 8.63. The van der Waals surface area contributed by atoms with Crippen LogP contribution in [-0.2, 0) is 0 Å². The summed E-state index contributed by atoms with van der Waals surface area (Å²) >= 11 is 0. The third-order valence-corrected chi connectivity index (χ3v) is 5.04. The van der Waals surface area contributed by atoms with E-state index in [1.54, 1.807) is 29.0 Å². The fraction of sp³-hybridized carbons (Fsp3) is 0.158. The summed E-state index contributed by atoms with van der Waals surface area (Å²) in [5.41, 5.74) is 1.67. The summed E-state index contributed by atoms with van der Waals surface area (Å²) in [5.74, 6) is -1.68. The number of benzene rings is 1. The van der Waals surface area contributed by atoms with Crippen LogP contribution in [0.1, 0.15) is 29.4 Å². The highest BCUT2D eigenvalue weighted by atomic mass is 19.2. The molecule has 0 aliphatic heterocycles. The first kappa shape index (κ1) is 16.5. The largest absolute Gasteiger partial charge is 0.325 e. The third kappa shape index (κ3) is 2.63. The molecule has 0 unspecified atom stereocenters. The monoisotopic (exact) mass is 381 g/mol. The molecule has 0 bridgehead atoms. The number of hydrogen-bond acceptors (Lipinski definition) is 4. The molecule has 3 heterocycles. The second kappa shape index (κ2) is 5.95. The summed E-state index contributed by atoms with van der Waals surface area (Å²) in [6, 6.07) is 5.69. The molecule has 4 aromatic rings. The predicted molar refractivity (Wildman–Crippen MR) is 96.1 cm³/mol. The minimum atomic E-state index is -0.875. The molecule has 0 radical (unpaired) electrons. The van der Waals surface area contributed by atoms with Crippen molar-refractivity contribution in [2.75, 3.05) is 0 Å². The van der Waals surface area contributed by atoms with Crippen molar-refractivity contribution in [1.82, 2.24) is 24.6 Å². The zero-order chi connectivity index (χ0) is 19.4. The molecule has 28 heavy (non-hydrogen) atoms. The van der Waals surface area contributed by atoms with Crippen LogP contribution in [0.5, 0.6) is 0 Å². The lowest BCUT2D eigenvalue weighted by Gasteiger charge is -2.07. The van der Waals surface area contributed by atoms with Crippen molar-refractivity contribution in [3.05, 3.63) is 86.5 Å². The number of halogens is 2. The van der Waals surface area contributed by atoms with Crippen molar-refractivity contribution in [2.45, 2.75) is 18.3 Å². The van der Waals surface area contributed by atoms with E-state index < -0.39 is 22.9 Å². The number of H-pyrrole nitrogens is 2. The van der Waals surface area contributed by atoms with Crippen LogP contribution in [0.3, 0.4) is 0 Å². The molecule has 9 heteroatoms. The first-order valence-corrected chi connectivity index (χ1v) is 8.63. The van der Waals surface area contributed by atoms with Crippen molar-refractivity contribution in [1.29, 1.82) is 0 Å². The van der Waals surface area contributed by atoms with Gasteiger partial charge in [-0.1, -0.05) is 6.07 Å². The molecule has 7 nitrogen and oxygen atoms in total. The van der Waals surface area contributed by atoms with Crippen LogP contribution in [0, 0.1) is 11.6 Å². The van der Waals surface area contributed by atoms with Gasteiger partial charge in [-0.2, -0.15) is 5.10 Å². The van der Waals surface area contributed by atoms with Crippen molar-refractivity contribution in [2.24, 2.45) is 0 Å². The average molecular weight is 381 g/mol. The second-order valence-electron chi connectivity index (χ2n) is 6.79. The molecule has 5 rings (SSSR count). The van der Waals surface area contributed by atoms with Crippen LogP contribution in [0.4, 0.5) is 8.78 Å². The van der Waals surface area contributed by atoms with Crippen LogP contribution in [-0.4, -0.2) is 24.6 Å². The molecule has 140 valence electrons. The van der Waals surface area contributed by atoms with E-state index >= 15 is 0 Å². The van der Waals surface area contributed by atoms with Crippen LogP contribution in [0.15, 0.2) is 52.4 Å². The minimum Gasteiger partial charge on any atom is -0.313 e. The summed E-state index contributed by atoms with van der Waals surface area (Å²) in [6.45, 7) is 0. The fourth-order valence-corrected chi connectivity index (χ4v) is 3.60. The maximum Gasteiger partial charge on any atom is 0.325 e. The highest BCUT2D eigenvalue weighted by Gasteiger charge is 2.41. The van der Waals surface area contributed by atoms with Gasteiger partial charge in [-0.25, -0.2) is 23.1 Å². The third-order valence-electron chi connectivity index (χ3n) is 5.04. The Kier molecular flexibility index (Phi) is 3.51. The fourth-order valence-electron chi connectivity index (χ4n) is 3.60. The summed E-state index contributed by atoms with van der Waals surface area (Å²) in [7, 11) is 0. The van der Waals surface area contributed by atoms with Crippen LogP contribution in [0.25, 0.3) is 16.9 Å². The van der Waals surface area contributed by atoms with E-state index in [4.69, 9.17) is 0 Å².